The van der Waals surface area contributed by atoms with Crippen molar-refractivity contribution in [3.05, 3.63) is 74.8 Å². The van der Waals surface area contributed by atoms with Crippen LogP contribution >= 0.6 is 46.1 Å². The lowest BCUT2D eigenvalue weighted by Crippen LogP contribution is -2.15. The number of hydrogen-bond acceptors (Lipinski definition) is 3. The molecule has 8 heteroatoms. The van der Waals surface area contributed by atoms with Gasteiger partial charge in [-0.2, -0.15) is 0 Å². The molecule has 27 heavy (non-hydrogen) atoms. The van der Waals surface area contributed by atoms with Crippen LogP contribution in [0.4, 0.5) is 5.69 Å². The van der Waals surface area contributed by atoms with E-state index in [1.54, 1.807) is 18.2 Å². The van der Waals surface area contributed by atoms with Crippen LogP contribution in [0.3, 0.4) is 0 Å². The predicted octanol–water partition coefficient (Wildman–Crippen LogP) is 6.20. The van der Waals surface area contributed by atoms with E-state index < -0.39 is 0 Å². The molecule has 0 spiro atoms. The van der Waals surface area contributed by atoms with Crippen molar-refractivity contribution < 1.29 is 4.79 Å². The Morgan fingerprint density at radius 3 is 2.67 bits per heavy atom. The molecule has 0 bridgehead atoms. The molecule has 2 heterocycles. The molecular weight excluding hydrogens is 425 g/mol. The molecule has 4 rings (SSSR count). The number of thiazole rings is 1. The molecule has 1 amide bonds. The molecule has 0 atom stereocenters. The van der Waals surface area contributed by atoms with Gasteiger partial charge in [0.25, 0.3) is 0 Å². The highest BCUT2D eigenvalue weighted by Gasteiger charge is 2.14. The minimum absolute atomic E-state index is 0.180. The largest absolute Gasteiger partial charge is 0.324 e. The number of halogens is 3. The van der Waals surface area contributed by atoms with Gasteiger partial charge in [-0.3, -0.25) is 9.20 Å². The molecule has 1 N–H and O–H groups in total. The Bertz CT molecular complexity index is 1140. The lowest BCUT2D eigenvalue weighted by molar-refractivity contribution is -0.115. The molecule has 0 aliphatic rings. The van der Waals surface area contributed by atoms with Gasteiger partial charge in [-0.15, -0.1) is 11.3 Å². The first-order valence-corrected chi connectivity index (χ1v) is 9.98. The Morgan fingerprint density at radius 1 is 1.11 bits per heavy atom. The molecule has 4 aromatic rings. The zero-order chi connectivity index (χ0) is 19.0. The first-order valence-electron chi connectivity index (χ1n) is 7.96. The number of carbonyl (C=O) groups excluding carboxylic acids is 1. The molecule has 0 saturated heterocycles. The highest BCUT2D eigenvalue weighted by Crippen LogP contribution is 2.30. The Kier molecular flexibility index (Phi) is 5.10. The number of nitrogens with zero attached hydrogens (tertiary/aromatic N) is 2. The third-order valence-electron chi connectivity index (χ3n) is 3.99. The summed E-state index contributed by atoms with van der Waals surface area (Å²) in [6, 6.07) is 12.6. The summed E-state index contributed by atoms with van der Waals surface area (Å²) in [7, 11) is 0. The van der Waals surface area contributed by atoms with E-state index in [4.69, 9.17) is 34.8 Å². The van der Waals surface area contributed by atoms with Crippen molar-refractivity contribution >= 4 is 62.7 Å². The molecule has 0 aliphatic carbocycles. The quantitative estimate of drug-likeness (QED) is 0.414. The molecule has 0 radical (unpaired) electrons. The summed E-state index contributed by atoms with van der Waals surface area (Å²) in [6.45, 7) is 0. The highest BCUT2D eigenvalue weighted by atomic mass is 35.5. The number of amides is 1. The maximum Gasteiger partial charge on any atom is 0.230 e. The average Bonchev–Trinajstić information content (AvgIpc) is 3.22. The average molecular weight is 437 g/mol. The molecule has 0 aliphatic heterocycles. The normalized spacial score (nSPS) is 11.1. The number of fused-ring (bicyclic) bond motifs is 1. The number of benzene rings is 2. The molecule has 0 saturated carbocycles. The van der Waals surface area contributed by atoms with Crippen LogP contribution in [-0.4, -0.2) is 15.3 Å². The fraction of sp³-hybridized carbons (Fsp3) is 0.0526. The topological polar surface area (TPSA) is 46.4 Å². The summed E-state index contributed by atoms with van der Waals surface area (Å²) < 4.78 is 1.92. The van der Waals surface area contributed by atoms with Crippen molar-refractivity contribution in [2.45, 2.75) is 6.42 Å². The van der Waals surface area contributed by atoms with Gasteiger partial charge in [-0.1, -0.05) is 53.0 Å². The molecule has 2 aromatic carbocycles. The third-order valence-corrected chi connectivity index (χ3v) is 5.95. The Labute approximate surface area is 174 Å². The van der Waals surface area contributed by atoms with Crippen LogP contribution in [0, 0.1) is 0 Å². The summed E-state index contributed by atoms with van der Waals surface area (Å²) in [6.07, 6.45) is 2.11. The molecule has 136 valence electrons. The van der Waals surface area contributed by atoms with Crippen molar-refractivity contribution in [3.63, 3.8) is 0 Å². The minimum Gasteiger partial charge on any atom is -0.324 e. The van der Waals surface area contributed by atoms with E-state index in [9.17, 15) is 4.79 Å². The summed E-state index contributed by atoms with van der Waals surface area (Å²) in [5.74, 6) is -0.180. The second-order valence-corrected chi connectivity index (χ2v) is 7.90. The first-order chi connectivity index (χ1) is 13.0. The van der Waals surface area contributed by atoms with Crippen molar-refractivity contribution in [3.8, 4) is 11.3 Å². The van der Waals surface area contributed by atoms with Gasteiger partial charge in [-0.05, 0) is 24.3 Å². The number of carbonyl (C=O) groups is 1. The van der Waals surface area contributed by atoms with Crippen LogP contribution in [-0.2, 0) is 11.2 Å². The second kappa shape index (κ2) is 7.52. The van der Waals surface area contributed by atoms with E-state index in [1.165, 1.54) is 11.3 Å². The standard InChI is InChI=1S/C19H12Cl3N3OS/c20-12-6-4-11(5-7-12)16-9-25-13(10-27-19(25)24-16)8-17(26)23-15-3-1-2-14(21)18(15)22/h1-7,9-10H,8H2,(H,23,26). The number of nitrogens with one attached hydrogen (secondary N) is 1. The lowest BCUT2D eigenvalue weighted by Gasteiger charge is -2.07. The van der Waals surface area contributed by atoms with Gasteiger partial charge in [0.1, 0.15) is 0 Å². The smallest absolute Gasteiger partial charge is 0.230 e. The van der Waals surface area contributed by atoms with Crippen LogP contribution in [0.25, 0.3) is 16.2 Å². The fourth-order valence-electron chi connectivity index (χ4n) is 2.68. The van der Waals surface area contributed by atoms with Crippen LogP contribution in [0.1, 0.15) is 5.69 Å². The summed E-state index contributed by atoms with van der Waals surface area (Å²) >= 11 is 19.5. The van der Waals surface area contributed by atoms with Gasteiger partial charge in [0.15, 0.2) is 4.96 Å². The first kappa shape index (κ1) is 18.3. The Balaban J connectivity index is 1.56. The van der Waals surface area contributed by atoms with E-state index >= 15 is 0 Å². The minimum atomic E-state index is -0.180. The van der Waals surface area contributed by atoms with Gasteiger partial charge in [0.05, 0.1) is 27.8 Å². The van der Waals surface area contributed by atoms with Gasteiger partial charge >= 0.3 is 0 Å². The van der Waals surface area contributed by atoms with Crippen molar-refractivity contribution in [2.24, 2.45) is 0 Å². The summed E-state index contributed by atoms with van der Waals surface area (Å²) in [5.41, 5.74) is 3.14. The van der Waals surface area contributed by atoms with Gasteiger partial charge in [0, 0.05) is 27.9 Å². The highest BCUT2D eigenvalue weighted by molar-refractivity contribution is 7.15. The molecular formula is C19H12Cl3N3OS. The summed E-state index contributed by atoms with van der Waals surface area (Å²) in [5, 5.41) is 6.13. The van der Waals surface area contributed by atoms with Crippen LogP contribution in [0.2, 0.25) is 15.1 Å². The second-order valence-electron chi connectivity index (χ2n) is 5.84. The van der Waals surface area contributed by atoms with Gasteiger partial charge in [-0.25, -0.2) is 4.98 Å². The Morgan fingerprint density at radius 2 is 1.89 bits per heavy atom. The monoisotopic (exact) mass is 435 g/mol. The third kappa shape index (κ3) is 3.82. The van der Waals surface area contributed by atoms with E-state index in [-0.39, 0.29) is 12.3 Å². The predicted molar refractivity (Wildman–Crippen MR) is 112 cm³/mol. The van der Waals surface area contributed by atoms with Gasteiger partial charge in [0.2, 0.25) is 5.91 Å². The van der Waals surface area contributed by atoms with Crippen LogP contribution < -0.4 is 5.32 Å². The van der Waals surface area contributed by atoms with E-state index in [1.807, 2.05) is 40.2 Å². The van der Waals surface area contributed by atoms with Crippen molar-refractivity contribution in [1.29, 1.82) is 0 Å². The van der Waals surface area contributed by atoms with Crippen molar-refractivity contribution in [2.75, 3.05) is 5.32 Å². The molecule has 2 aromatic heterocycles. The fourth-order valence-corrected chi connectivity index (χ4v) is 4.02. The van der Waals surface area contributed by atoms with Gasteiger partial charge < -0.3 is 5.32 Å². The zero-order valence-electron chi connectivity index (χ0n) is 13.7. The summed E-state index contributed by atoms with van der Waals surface area (Å²) in [4.78, 5) is 17.9. The zero-order valence-corrected chi connectivity index (χ0v) is 16.8. The number of imidazole rings is 1. The Hall–Kier alpha value is -2.05. The maximum atomic E-state index is 12.4. The molecule has 0 unspecified atom stereocenters. The van der Waals surface area contributed by atoms with E-state index in [0.29, 0.717) is 20.8 Å². The number of aromatic nitrogens is 2. The van der Waals surface area contributed by atoms with E-state index in [0.717, 1.165) is 21.9 Å². The molecule has 0 fully saturated rings. The van der Waals surface area contributed by atoms with E-state index in [2.05, 4.69) is 10.3 Å². The number of anilines is 1. The van der Waals surface area contributed by atoms with Crippen molar-refractivity contribution in [1.82, 2.24) is 9.38 Å². The SMILES string of the molecule is O=C(Cc1csc2nc(-c3ccc(Cl)cc3)cn12)Nc1cccc(Cl)c1Cl. The maximum absolute atomic E-state index is 12.4. The molecule has 4 nitrogen and oxygen atoms in total. The van der Waals surface area contributed by atoms with Crippen LogP contribution in [0.5, 0.6) is 0 Å². The lowest BCUT2D eigenvalue weighted by atomic mass is 10.2. The number of hydrogen-bond donors (Lipinski definition) is 1. The number of rotatable bonds is 4. The van der Waals surface area contributed by atoms with Crippen LogP contribution in [0.15, 0.2) is 54.0 Å².